The maximum atomic E-state index is 13.8. The molecule has 2 rings (SSSR count). The zero-order valence-electron chi connectivity index (χ0n) is 10.6. The van der Waals surface area contributed by atoms with Crippen molar-refractivity contribution in [2.75, 3.05) is 7.11 Å². The van der Waals surface area contributed by atoms with Gasteiger partial charge < -0.3 is 4.74 Å². The molecule has 5 heteroatoms. The van der Waals surface area contributed by atoms with Crippen molar-refractivity contribution in [2.24, 2.45) is 0 Å². The van der Waals surface area contributed by atoms with Crippen LogP contribution >= 0.6 is 11.8 Å². The van der Waals surface area contributed by atoms with E-state index in [1.807, 2.05) is 0 Å². The van der Waals surface area contributed by atoms with Crippen molar-refractivity contribution in [3.05, 3.63) is 59.4 Å². The molecule has 0 N–H and O–H groups in total. The van der Waals surface area contributed by atoms with E-state index in [1.54, 1.807) is 24.3 Å². The van der Waals surface area contributed by atoms with Crippen LogP contribution in [-0.2, 0) is 4.74 Å². The van der Waals surface area contributed by atoms with Crippen molar-refractivity contribution in [3.8, 4) is 0 Å². The van der Waals surface area contributed by atoms with Crippen LogP contribution in [-0.4, -0.2) is 19.4 Å². The summed E-state index contributed by atoms with van der Waals surface area (Å²) in [5.74, 6) is -1.00. The van der Waals surface area contributed by atoms with Gasteiger partial charge >= 0.3 is 5.97 Å². The molecule has 0 bridgehead atoms. The highest BCUT2D eigenvalue weighted by atomic mass is 32.2. The minimum Gasteiger partial charge on any atom is -0.465 e. The molecule has 102 valence electrons. The van der Waals surface area contributed by atoms with Crippen molar-refractivity contribution in [1.82, 2.24) is 0 Å². The molecule has 0 spiro atoms. The van der Waals surface area contributed by atoms with Gasteiger partial charge in [-0.15, -0.1) is 0 Å². The fourth-order valence-electron chi connectivity index (χ4n) is 1.67. The van der Waals surface area contributed by atoms with E-state index in [0.717, 1.165) is 11.8 Å². The lowest BCUT2D eigenvalue weighted by atomic mass is 10.2. The predicted octanol–water partition coefficient (Wildman–Crippen LogP) is 3.58. The average Bonchev–Trinajstić information content (AvgIpc) is 2.49. The third-order valence-corrected chi connectivity index (χ3v) is 3.84. The Bertz CT molecular complexity index is 655. The second kappa shape index (κ2) is 6.34. The summed E-state index contributed by atoms with van der Waals surface area (Å²) in [7, 11) is 1.28. The molecular formula is C15H11FO3S. The molecule has 0 aliphatic carbocycles. The SMILES string of the molecule is COC(=O)c1ccccc1Sc1c(F)cccc1C=O. The molecule has 0 radical (unpaired) electrons. The largest absolute Gasteiger partial charge is 0.465 e. The van der Waals surface area contributed by atoms with E-state index in [1.165, 1.54) is 25.3 Å². The molecular weight excluding hydrogens is 279 g/mol. The number of ether oxygens (including phenoxy) is 1. The van der Waals surface area contributed by atoms with Gasteiger partial charge in [0.15, 0.2) is 6.29 Å². The summed E-state index contributed by atoms with van der Waals surface area (Å²) >= 11 is 1.03. The first kappa shape index (κ1) is 14.3. The quantitative estimate of drug-likeness (QED) is 0.637. The summed E-state index contributed by atoms with van der Waals surface area (Å²) in [5.41, 5.74) is 0.578. The normalized spacial score (nSPS) is 10.1. The number of rotatable bonds is 4. The minimum absolute atomic E-state index is 0.193. The average molecular weight is 290 g/mol. The summed E-state index contributed by atoms with van der Waals surface area (Å²) in [6.45, 7) is 0. The number of benzene rings is 2. The molecule has 0 saturated heterocycles. The molecule has 3 nitrogen and oxygen atoms in total. The Kier molecular flexibility index (Phi) is 4.53. The Morgan fingerprint density at radius 1 is 1.20 bits per heavy atom. The number of methoxy groups -OCH3 is 1. The highest BCUT2D eigenvalue weighted by Crippen LogP contribution is 2.34. The third kappa shape index (κ3) is 2.88. The van der Waals surface area contributed by atoms with Crippen molar-refractivity contribution < 1.29 is 18.7 Å². The van der Waals surface area contributed by atoms with Crippen molar-refractivity contribution in [2.45, 2.75) is 9.79 Å². The van der Waals surface area contributed by atoms with Gasteiger partial charge in [0.1, 0.15) is 5.82 Å². The molecule has 0 saturated carbocycles. The predicted molar refractivity (Wildman–Crippen MR) is 73.7 cm³/mol. The lowest BCUT2D eigenvalue weighted by molar-refractivity contribution is 0.0596. The van der Waals surface area contributed by atoms with E-state index < -0.39 is 11.8 Å². The van der Waals surface area contributed by atoms with Gasteiger partial charge in [-0.2, -0.15) is 0 Å². The Morgan fingerprint density at radius 2 is 1.95 bits per heavy atom. The number of aldehydes is 1. The topological polar surface area (TPSA) is 43.4 Å². The van der Waals surface area contributed by atoms with Crippen molar-refractivity contribution in [1.29, 1.82) is 0 Å². The third-order valence-electron chi connectivity index (χ3n) is 2.63. The van der Waals surface area contributed by atoms with E-state index >= 15 is 0 Å². The first-order chi connectivity index (χ1) is 9.67. The summed E-state index contributed by atoms with van der Waals surface area (Å²) < 4.78 is 18.5. The highest BCUT2D eigenvalue weighted by molar-refractivity contribution is 7.99. The monoisotopic (exact) mass is 290 g/mol. The molecule has 0 aliphatic heterocycles. The number of hydrogen-bond acceptors (Lipinski definition) is 4. The number of esters is 1. The molecule has 2 aromatic carbocycles. The number of hydrogen-bond donors (Lipinski definition) is 0. The van der Waals surface area contributed by atoms with Gasteiger partial charge in [-0.3, -0.25) is 4.79 Å². The van der Waals surface area contributed by atoms with Crippen LogP contribution in [0.4, 0.5) is 4.39 Å². The van der Waals surface area contributed by atoms with E-state index in [9.17, 15) is 14.0 Å². The maximum absolute atomic E-state index is 13.8. The first-order valence-corrected chi connectivity index (χ1v) is 6.58. The van der Waals surface area contributed by atoms with Crippen LogP contribution in [0.25, 0.3) is 0 Å². The Morgan fingerprint density at radius 3 is 2.65 bits per heavy atom. The van der Waals surface area contributed by atoms with Gasteiger partial charge in [0, 0.05) is 10.5 Å². The lowest BCUT2D eigenvalue weighted by Crippen LogP contribution is -2.03. The van der Waals surface area contributed by atoms with Crippen LogP contribution < -0.4 is 0 Å². The number of halogens is 1. The van der Waals surface area contributed by atoms with Crippen LogP contribution in [0.5, 0.6) is 0 Å². The van der Waals surface area contributed by atoms with Gasteiger partial charge in [0.2, 0.25) is 0 Å². The van der Waals surface area contributed by atoms with Gasteiger partial charge in [-0.1, -0.05) is 36.0 Å². The minimum atomic E-state index is -0.503. The Labute approximate surface area is 119 Å². The molecule has 2 aromatic rings. The van der Waals surface area contributed by atoms with Crippen LogP contribution in [0.2, 0.25) is 0 Å². The van der Waals surface area contributed by atoms with Gasteiger partial charge in [-0.05, 0) is 18.2 Å². The van der Waals surface area contributed by atoms with Crippen LogP contribution in [0.15, 0.2) is 52.3 Å². The molecule has 0 fully saturated rings. The van der Waals surface area contributed by atoms with E-state index in [0.29, 0.717) is 16.7 Å². The van der Waals surface area contributed by atoms with Crippen LogP contribution in [0, 0.1) is 5.82 Å². The molecule has 0 atom stereocenters. The van der Waals surface area contributed by atoms with Crippen LogP contribution in [0.3, 0.4) is 0 Å². The smallest absolute Gasteiger partial charge is 0.339 e. The second-order valence-electron chi connectivity index (χ2n) is 3.87. The van der Waals surface area contributed by atoms with E-state index in [-0.39, 0.29) is 10.5 Å². The van der Waals surface area contributed by atoms with Crippen molar-refractivity contribution in [3.63, 3.8) is 0 Å². The molecule has 0 aliphatic rings. The summed E-state index contributed by atoms with van der Waals surface area (Å²) in [6, 6.07) is 11.0. The maximum Gasteiger partial charge on any atom is 0.339 e. The molecule has 0 heterocycles. The van der Waals surface area contributed by atoms with Gasteiger partial charge in [0.25, 0.3) is 0 Å². The Hall–Kier alpha value is -2.14. The molecule has 20 heavy (non-hydrogen) atoms. The van der Waals surface area contributed by atoms with E-state index in [2.05, 4.69) is 4.74 Å². The molecule has 0 unspecified atom stereocenters. The lowest BCUT2D eigenvalue weighted by Gasteiger charge is -2.09. The molecule has 0 amide bonds. The molecule has 0 aromatic heterocycles. The fraction of sp³-hybridized carbons (Fsp3) is 0.0667. The highest BCUT2D eigenvalue weighted by Gasteiger charge is 2.15. The standard InChI is InChI=1S/C15H11FO3S/c1-19-15(18)11-6-2-3-8-13(11)20-14-10(9-17)5-4-7-12(14)16/h2-9H,1H3. The number of carbonyl (C=O) groups excluding carboxylic acids is 2. The van der Waals surface area contributed by atoms with Gasteiger partial charge in [-0.25, -0.2) is 9.18 Å². The van der Waals surface area contributed by atoms with Crippen molar-refractivity contribution >= 4 is 24.0 Å². The van der Waals surface area contributed by atoms with E-state index in [4.69, 9.17) is 0 Å². The summed E-state index contributed by atoms with van der Waals surface area (Å²) in [6.07, 6.45) is 0.589. The van der Waals surface area contributed by atoms with Crippen LogP contribution in [0.1, 0.15) is 20.7 Å². The zero-order valence-corrected chi connectivity index (χ0v) is 11.4. The second-order valence-corrected chi connectivity index (χ2v) is 4.92. The number of carbonyl (C=O) groups is 2. The fourth-order valence-corrected chi connectivity index (χ4v) is 2.70. The zero-order chi connectivity index (χ0) is 14.5. The summed E-state index contributed by atoms with van der Waals surface area (Å²) in [4.78, 5) is 23.4. The first-order valence-electron chi connectivity index (χ1n) is 5.76. The van der Waals surface area contributed by atoms with Gasteiger partial charge in [0.05, 0.1) is 17.6 Å². The Balaban J connectivity index is 2.46. The summed E-state index contributed by atoms with van der Waals surface area (Å²) in [5, 5.41) is 0.